The van der Waals surface area contributed by atoms with E-state index in [0.29, 0.717) is 55.4 Å². The van der Waals surface area contributed by atoms with Crippen molar-refractivity contribution in [2.75, 3.05) is 13.7 Å². The number of esters is 1. The van der Waals surface area contributed by atoms with Crippen molar-refractivity contribution in [2.24, 2.45) is 4.99 Å². The van der Waals surface area contributed by atoms with Crippen LogP contribution in [0.15, 0.2) is 98.3 Å². The number of aromatic nitrogens is 1. The molecule has 0 radical (unpaired) electrons. The minimum Gasteiger partial charge on any atom is -0.496 e. The molecule has 10 heteroatoms. The Morgan fingerprint density at radius 1 is 1.04 bits per heavy atom. The van der Waals surface area contributed by atoms with E-state index in [2.05, 4.69) is 0 Å². The first-order valence-electron chi connectivity index (χ1n) is 14.6. The summed E-state index contributed by atoms with van der Waals surface area (Å²) in [5, 5.41) is 11.4. The Hall–Kier alpha value is -5.22. The Morgan fingerprint density at radius 2 is 1.82 bits per heavy atom. The van der Waals surface area contributed by atoms with Crippen LogP contribution in [0.3, 0.4) is 0 Å². The van der Waals surface area contributed by atoms with Gasteiger partial charge in [-0.2, -0.15) is 0 Å². The van der Waals surface area contributed by atoms with Gasteiger partial charge in [-0.15, -0.1) is 0 Å². The lowest BCUT2D eigenvalue weighted by Gasteiger charge is -2.28. The fourth-order valence-electron chi connectivity index (χ4n) is 5.72. The van der Waals surface area contributed by atoms with E-state index in [-0.39, 0.29) is 17.7 Å². The number of benzene rings is 3. The largest absolute Gasteiger partial charge is 0.496 e. The van der Waals surface area contributed by atoms with Crippen LogP contribution in [0.4, 0.5) is 0 Å². The SMILES string of the molecule is CCCC1=C(C(=O)OCC)C(c2c(OC)ccc3ccccc23)n2c(sc(=Cc3ccc(-c4ccccc4C(=O)O)o3)c2=O)=N1. The Kier molecular flexibility index (Phi) is 8.23. The molecule has 0 saturated carbocycles. The molecule has 3 aromatic carbocycles. The van der Waals surface area contributed by atoms with Crippen molar-refractivity contribution in [1.82, 2.24) is 4.57 Å². The zero-order valence-electron chi connectivity index (χ0n) is 24.9. The number of ether oxygens (including phenoxy) is 2. The van der Waals surface area contributed by atoms with E-state index in [4.69, 9.17) is 18.9 Å². The number of furan rings is 1. The molecule has 6 rings (SSSR count). The summed E-state index contributed by atoms with van der Waals surface area (Å²) >= 11 is 1.19. The molecule has 9 nitrogen and oxygen atoms in total. The lowest BCUT2D eigenvalue weighted by Crippen LogP contribution is -2.40. The van der Waals surface area contributed by atoms with Gasteiger partial charge in [0.05, 0.1) is 35.1 Å². The molecule has 228 valence electrons. The van der Waals surface area contributed by atoms with Crippen molar-refractivity contribution in [3.05, 3.63) is 121 Å². The van der Waals surface area contributed by atoms with E-state index in [0.717, 1.165) is 17.2 Å². The van der Waals surface area contributed by atoms with Gasteiger partial charge in [0.2, 0.25) is 0 Å². The fraction of sp³-hybridized carbons (Fsp3) is 0.200. The monoisotopic (exact) mass is 622 g/mol. The molecule has 0 aliphatic carbocycles. The van der Waals surface area contributed by atoms with E-state index in [1.807, 2.05) is 43.3 Å². The van der Waals surface area contributed by atoms with Gasteiger partial charge in [-0.25, -0.2) is 14.6 Å². The fourth-order valence-corrected chi connectivity index (χ4v) is 6.72. The molecule has 3 heterocycles. The first-order chi connectivity index (χ1) is 21.9. The molecular formula is C35H30N2O7S. The van der Waals surface area contributed by atoms with Crippen LogP contribution < -0.4 is 19.6 Å². The van der Waals surface area contributed by atoms with Crippen molar-refractivity contribution >= 4 is 40.1 Å². The van der Waals surface area contributed by atoms with Crippen LogP contribution in [0.5, 0.6) is 5.75 Å². The van der Waals surface area contributed by atoms with E-state index in [1.165, 1.54) is 22.0 Å². The topological polar surface area (TPSA) is 120 Å². The summed E-state index contributed by atoms with van der Waals surface area (Å²) in [7, 11) is 1.56. The van der Waals surface area contributed by atoms with Gasteiger partial charge in [0.25, 0.3) is 5.56 Å². The van der Waals surface area contributed by atoms with E-state index in [9.17, 15) is 19.5 Å². The maximum Gasteiger partial charge on any atom is 0.338 e. The van der Waals surface area contributed by atoms with Gasteiger partial charge in [-0.1, -0.05) is 73.2 Å². The highest BCUT2D eigenvalue weighted by molar-refractivity contribution is 7.07. The third-order valence-electron chi connectivity index (χ3n) is 7.64. The molecule has 2 aromatic heterocycles. The van der Waals surface area contributed by atoms with Gasteiger partial charge in [0, 0.05) is 17.2 Å². The minimum atomic E-state index is -1.07. The number of allylic oxidation sites excluding steroid dienone is 1. The Balaban J connectivity index is 1.59. The molecule has 1 atom stereocenters. The molecular weight excluding hydrogens is 592 g/mol. The zero-order valence-corrected chi connectivity index (χ0v) is 25.7. The van der Waals surface area contributed by atoms with Crippen LogP contribution in [0.2, 0.25) is 0 Å². The number of thiazole rings is 1. The zero-order chi connectivity index (χ0) is 31.7. The third-order valence-corrected chi connectivity index (χ3v) is 8.62. The maximum absolute atomic E-state index is 14.3. The van der Waals surface area contributed by atoms with Crippen LogP contribution in [0.25, 0.3) is 28.2 Å². The summed E-state index contributed by atoms with van der Waals surface area (Å²) in [4.78, 5) is 45.0. The van der Waals surface area contributed by atoms with Gasteiger partial charge in [0.1, 0.15) is 23.3 Å². The number of fused-ring (bicyclic) bond motifs is 2. The molecule has 45 heavy (non-hydrogen) atoms. The van der Waals surface area contributed by atoms with Gasteiger partial charge >= 0.3 is 11.9 Å². The Bertz CT molecular complexity index is 2170. The highest BCUT2D eigenvalue weighted by Crippen LogP contribution is 2.41. The number of carboxylic acids is 1. The van der Waals surface area contributed by atoms with E-state index in [1.54, 1.807) is 50.4 Å². The first kappa shape index (κ1) is 29.8. The average Bonchev–Trinajstić information content (AvgIpc) is 3.64. The molecule has 1 aliphatic rings. The van der Waals surface area contributed by atoms with Crippen LogP contribution in [0, 0.1) is 0 Å². The van der Waals surface area contributed by atoms with Crippen molar-refractivity contribution in [3.8, 4) is 17.1 Å². The number of methoxy groups -OCH3 is 1. The van der Waals surface area contributed by atoms with E-state index >= 15 is 0 Å². The average molecular weight is 623 g/mol. The maximum atomic E-state index is 14.3. The number of hydrogen-bond acceptors (Lipinski definition) is 8. The highest BCUT2D eigenvalue weighted by atomic mass is 32.1. The number of carbonyl (C=O) groups is 2. The van der Waals surface area contributed by atoms with Gasteiger partial charge in [0.15, 0.2) is 4.80 Å². The van der Waals surface area contributed by atoms with Gasteiger partial charge < -0.3 is 19.0 Å². The smallest absolute Gasteiger partial charge is 0.338 e. The first-order valence-corrected chi connectivity index (χ1v) is 15.4. The number of carboxylic acid groups (broad SMARTS) is 1. The van der Waals surface area contributed by atoms with Crippen molar-refractivity contribution in [1.29, 1.82) is 0 Å². The molecule has 0 saturated heterocycles. The highest BCUT2D eigenvalue weighted by Gasteiger charge is 2.37. The number of hydrogen-bond donors (Lipinski definition) is 1. The van der Waals surface area contributed by atoms with Crippen molar-refractivity contribution in [2.45, 2.75) is 32.7 Å². The number of carbonyl (C=O) groups excluding carboxylic acids is 1. The second-order valence-electron chi connectivity index (χ2n) is 10.4. The van der Waals surface area contributed by atoms with Crippen LogP contribution in [0.1, 0.15) is 54.4 Å². The van der Waals surface area contributed by atoms with Crippen LogP contribution >= 0.6 is 11.3 Å². The molecule has 0 bridgehead atoms. The number of aromatic carboxylic acids is 1. The summed E-state index contributed by atoms with van der Waals surface area (Å²) in [5.41, 5.74) is 1.71. The Labute approximate surface area is 262 Å². The molecule has 1 N–H and O–H groups in total. The van der Waals surface area contributed by atoms with Gasteiger partial charge in [-0.05, 0) is 48.4 Å². The van der Waals surface area contributed by atoms with Gasteiger partial charge in [-0.3, -0.25) is 9.36 Å². The lowest BCUT2D eigenvalue weighted by molar-refractivity contribution is -0.139. The molecule has 1 aliphatic heterocycles. The summed E-state index contributed by atoms with van der Waals surface area (Å²) < 4.78 is 19.3. The summed E-state index contributed by atoms with van der Waals surface area (Å²) in [6, 6.07) is 20.6. The second kappa shape index (κ2) is 12.4. The van der Waals surface area contributed by atoms with Crippen LogP contribution in [-0.4, -0.2) is 35.3 Å². The lowest BCUT2D eigenvalue weighted by atomic mass is 9.90. The minimum absolute atomic E-state index is 0.108. The molecule has 0 amide bonds. The molecule has 1 unspecified atom stereocenters. The normalized spacial score (nSPS) is 14.7. The second-order valence-corrected chi connectivity index (χ2v) is 11.4. The van der Waals surface area contributed by atoms with Crippen molar-refractivity contribution < 1.29 is 28.6 Å². The number of nitrogens with zero attached hydrogens (tertiary/aromatic N) is 2. The van der Waals surface area contributed by atoms with Crippen molar-refractivity contribution in [3.63, 3.8) is 0 Å². The predicted octanol–water partition coefficient (Wildman–Crippen LogP) is 5.70. The summed E-state index contributed by atoms with van der Waals surface area (Å²) in [6.45, 7) is 3.91. The molecule has 0 fully saturated rings. The standard InChI is InChI=1S/C35H30N2O7S/c1-4-10-25-30(34(41)43-5-2)31(29-22-12-7-6-11-20(22)15-17-27(29)42-3)37-32(38)28(45-35(37)36-25)19-21-16-18-26(44-21)23-13-8-9-14-24(23)33(39)40/h6-9,11-19,31H,4-5,10H2,1-3H3,(H,39,40). The summed E-state index contributed by atoms with van der Waals surface area (Å²) in [6.07, 6.45) is 2.84. The number of rotatable bonds is 9. The quantitative estimate of drug-likeness (QED) is 0.210. The van der Waals surface area contributed by atoms with E-state index < -0.39 is 18.0 Å². The van der Waals surface area contributed by atoms with Crippen LogP contribution in [-0.2, 0) is 9.53 Å². The molecule has 5 aromatic rings. The third kappa shape index (κ3) is 5.38. The Morgan fingerprint density at radius 3 is 2.58 bits per heavy atom. The molecule has 0 spiro atoms. The summed E-state index contributed by atoms with van der Waals surface area (Å²) in [5.74, 6) is -0.346. The predicted molar refractivity (Wildman–Crippen MR) is 171 cm³/mol.